The molecule has 1 aliphatic heterocycles. The molecule has 0 aliphatic carbocycles. The van der Waals surface area contributed by atoms with Crippen molar-refractivity contribution in [1.29, 1.82) is 0 Å². The van der Waals surface area contributed by atoms with Gasteiger partial charge in [-0.2, -0.15) is 5.10 Å². The van der Waals surface area contributed by atoms with Crippen molar-refractivity contribution in [2.24, 2.45) is 10.2 Å². The summed E-state index contributed by atoms with van der Waals surface area (Å²) in [5, 5.41) is 11.4. The van der Waals surface area contributed by atoms with Crippen molar-refractivity contribution in [3.8, 4) is 0 Å². The Hall–Kier alpha value is -2.12. The van der Waals surface area contributed by atoms with Crippen LogP contribution >= 0.6 is 27.7 Å². The average molecular weight is 431 g/mol. The molecule has 2 aromatic rings. The van der Waals surface area contributed by atoms with Gasteiger partial charge in [0.15, 0.2) is 5.17 Å². The molecule has 134 valence electrons. The third-order valence-electron chi connectivity index (χ3n) is 3.88. The van der Waals surface area contributed by atoms with Crippen LogP contribution in [0.25, 0.3) is 0 Å². The van der Waals surface area contributed by atoms with Crippen LogP contribution in [0.3, 0.4) is 0 Å². The first-order chi connectivity index (χ1) is 12.5. The van der Waals surface area contributed by atoms with Crippen molar-refractivity contribution >= 4 is 50.7 Å². The van der Waals surface area contributed by atoms with Crippen LogP contribution in [0.2, 0.25) is 0 Å². The molecule has 26 heavy (non-hydrogen) atoms. The number of amides is 1. The smallest absolute Gasteiger partial charge is 0.239 e. The number of carbonyl (C=O) groups is 1. The molecule has 0 bridgehead atoms. The van der Waals surface area contributed by atoms with Gasteiger partial charge < -0.3 is 10.2 Å². The first-order valence-corrected chi connectivity index (χ1v) is 9.79. The molecule has 0 aromatic heterocycles. The number of nitrogens with one attached hydrogen (secondary N) is 1. The van der Waals surface area contributed by atoms with Crippen LogP contribution in [0.4, 0.5) is 5.69 Å². The number of anilines is 1. The maximum atomic E-state index is 12.1. The number of nitrogens with zero attached hydrogens (tertiary/aromatic N) is 3. The van der Waals surface area contributed by atoms with E-state index in [-0.39, 0.29) is 11.2 Å². The van der Waals surface area contributed by atoms with E-state index >= 15 is 0 Å². The normalized spacial score (nSPS) is 18.5. The van der Waals surface area contributed by atoms with Gasteiger partial charge in [0.2, 0.25) is 5.91 Å². The highest BCUT2D eigenvalue weighted by molar-refractivity contribution is 9.10. The molecular formula is C19H19BrN4OS. The molecule has 2 aromatic carbocycles. The Kier molecular flexibility index (Phi) is 6.11. The van der Waals surface area contributed by atoms with Gasteiger partial charge in [-0.25, -0.2) is 0 Å². The lowest BCUT2D eigenvalue weighted by atomic mass is 10.1. The van der Waals surface area contributed by atoms with Gasteiger partial charge in [0.1, 0.15) is 0 Å². The van der Waals surface area contributed by atoms with E-state index in [4.69, 9.17) is 0 Å². The van der Waals surface area contributed by atoms with Crippen molar-refractivity contribution in [2.75, 3.05) is 19.0 Å². The predicted molar refractivity (Wildman–Crippen MR) is 113 cm³/mol. The second-order valence-corrected chi connectivity index (χ2v) is 8.17. The van der Waals surface area contributed by atoms with Crippen molar-refractivity contribution in [3.05, 3.63) is 64.1 Å². The van der Waals surface area contributed by atoms with E-state index in [9.17, 15) is 4.79 Å². The van der Waals surface area contributed by atoms with E-state index in [1.165, 1.54) is 11.8 Å². The molecule has 1 atom stereocenters. The number of hydrogen-bond acceptors (Lipinski definition) is 5. The fraction of sp³-hybridized carbons (Fsp3) is 0.211. The number of hydrogen-bond donors (Lipinski definition) is 1. The number of thioether (sulfide) groups is 1. The van der Waals surface area contributed by atoms with E-state index in [1.54, 1.807) is 6.21 Å². The van der Waals surface area contributed by atoms with E-state index in [0.717, 1.165) is 21.3 Å². The summed E-state index contributed by atoms with van der Waals surface area (Å²) in [4.78, 5) is 14.2. The molecule has 5 nitrogen and oxygen atoms in total. The zero-order valence-corrected chi connectivity index (χ0v) is 16.9. The summed E-state index contributed by atoms with van der Waals surface area (Å²) in [5.41, 5.74) is 3.20. The lowest BCUT2D eigenvalue weighted by molar-refractivity contribution is -0.118. The number of benzene rings is 2. The molecule has 0 saturated carbocycles. The zero-order chi connectivity index (χ0) is 18.5. The maximum Gasteiger partial charge on any atom is 0.239 e. The lowest BCUT2D eigenvalue weighted by Gasteiger charge is -2.11. The quantitative estimate of drug-likeness (QED) is 0.581. The van der Waals surface area contributed by atoms with Crippen LogP contribution < -0.4 is 10.2 Å². The molecule has 1 saturated heterocycles. The Labute approximate surface area is 165 Å². The van der Waals surface area contributed by atoms with Crippen molar-refractivity contribution in [1.82, 2.24) is 5.32 Å². The monoisotopic (exact) mass is 430 g/mol. The minimum Gasteiger partial charge on any atom is -0.378 e. The van der Waals surface area contributed by atoms with Crippen molar-refractivity contribution < 1.29 is 4.79 Å². The van der Waals surface area contributed by atoms with Gasteiger partial charge in [0.05, 0.1) is 11.5 Å². The lowest BCUT2D eigenvalue weighted by Crippen LogP contribution is -2.25. The molecule has 1 N–H and O–H groups in total. The van der Waals surface area contributed by atoms with Gasteiger partial charge in [-0.3, -0.25) is 4.79 Å². The maximum absolute atomic E-state index is 12.1. The Balaban J connectivity index is 1.59. The number of rotatable bonds is 5. The first-order valence-electron chi connectivity index (χ1n) is 8.11. The SMILES string of the molecule is CN(C)c1ccc(/C=N\N=C2/NC(=O)[C@@H](Cc3ccc(Br)cc3)S2)cc1. The van der Waals surface area contributed by atoms with Gasteiger partial charge in [-0.1, -0.05) is 52.0 Å². The summed E-state index contributed by atoms with van der Waals surface area (Å²) in [5.74, 6) is -0.0257. The van der Waals surface area contributed by atoms with Crippen LogP contribution in [0, 0.1) is 0 Å². The van der Waals surface area contributed by atoms with Crippen LogP contribution in [-0.2, 0) is 11.2 Å². The molecule has 1 amide bonds. The van der Waals surface area contributed by atoms with Crippen LogP contribution in [0.1, 0.15) is 11.1 Å². The predicted octanol–water partition coefficient (Wildman–Crippen LogP) is 3.68. The fourth-order valence-corrected chi connectivity index (χ4v) is 3.66. The van der Waals surface area contributed by atoms with Crippen LogP contribution in [-0.4, -0.2) is 36.6 Å². The highest BCUT2D eigenvalue weighted by atomic mass is 79.9. The van der Waals surface area contributed by atoms with Crippen LogP contribution in [0.5, 0.6) is 0 Å². The Morgan fingerprint density at radius 3 is 2.50 bits per heavy atom. The van der Waals surface area contributed by atoms with Gasteiger partial charge in [-0.15, -0.1) is 5.10 Å². The zero-order valence-electron chi connectivity index (χ0n) is 14.5. The molecular weight excluding hydrogens is 412 g/mol. The third kappa shape index (κ3) is 4.95. The minimum absolute atomic E-state index is 0.0257. The van der Waals surface area contributed by atoms with E-state index in [1.807, 2.05) is 67.5 Å². The molecule has 0 unspecified atom stereocenters. The number of carbonyl (C=O) groups excluding carboxylic acids is 1. The van der Waals surface area contributed by atoms with E-state index in [0.29, 0.717) is 11.6 Å². The summed E-state index contributed by atoms with van der Waals surface area (Å²) in [6.07, 6.45) is 2.35. The Bertz CT molecular complexity index is 832. The van der Waals surface area contributed by atoms with E-state index < -0.39 is 0 Å². The molecule has 0 radical (unpaired) electrons. The fourth-order valence-electron chi connectivity index (χ4n) is 2.43. The third-order valence-corrected chi connectivity index (χ3v) is 5.48. The summed E-state index contributed by atoms with van der Waals surface area (Å²) >= 11 is 4.83. The summed E-state index contributed by atoms with van der Waals surface area (Å²) in [6.45, 7) is 0. The Morgan fingerprint density at radius 1 is 1.15 bits per heavy atom. The van der Waals surface area contributed by atoms with Gasteiger partial charge in [0, 0.05) is 24.3 Å². The number of amidine groups is 1. The standard InChI is InChI=1S/C19H19BrN4OS/c1-24(2)16-9-5-14(6-10-16)12-21-23-19-22-18(25)17(26-19)11-13-3-7-15(20)8-4-13/h3-10,12,17H,11H2,1-2H3,(H,22,23,25)/b21-12-/t17-/m1/s1. The summed E-state index contributed by atoms with van der Waals surface area (Å²) in [7, 11) is 4.00. The highest BCUT2D eigenvalue weighted by Crippen LogP contribution is 2.24. The molecule has 3 rings (SSSR count). The first kappa shape index (κ1) is 18.7. The Morgan fingerprint density at radius 2 is 1.85 bits per heavy atom. The molecule has 1 heterocycles. The van der Waals surface area contributed by atoms with Gasteiger partial charge in [-0.05, 0) is 41.8 Å². The van der Waals surface area contributed by atoms with Crippen LogP contribution in [0.15, 0.2) is 63.2 Å². The average Bonchev–Trinajstić information content (AvgIpc) is 2.97. The second kappa shape index (κ2) is 8.51. The second-order valence-electron chi connectivity index (χ2n) is 6.06. The molecule has 1 aliphatic rings. The summed E-state index contributed by atoms with van der Waals surface area (Å²) < 4.78 is 1.03. The highest BCUT2D eigenvalue weighted by Gasteiger charge is 2.30. The molecule has 7 heteroatoms. The van der Waals surface area contributed by atoms with Gasteiger partial charge >= 0.3 is 0 Å². The van der Waals surface area contributed by atoms with Crippen molar-refractivity contribution in [3.63, 3.8) is 0 Å². The largest absolute Gasteiger partial charge is 0.378 e. The number of halogens is 1. The van der Waals surface area contributed by atoms with Gasteiger partial charge in [0.25, 0.3) is 0 Å². The molecule has 1 fully saturated rings. The topological polar surface area (TPSA) is 57.1 Å². The molecule has 0 spiro atoms. The van der Waals surface area contributed by atoms with Crippen molar-refractivity contribution in [2.45, 2.75) is 11.7 Å². The summed E-state index contributed by atoms with van der Waals surface area (Å²) in [6, 6.07) is 16.0. The van der Waals surface area contributed by atoms with E-state index in [2.05, 4.69) is 31.4 Å². The minimum atomic E-state index is -0.176.